The zero-order valence-corrected chi connectivity index (χ0v) is 13.7. The predicted molar refractivity (Wildman–Crippen MR) is 86.9 cm³/mol. The summed E-state index contributed by atoms with van der Waals surface area (Å²) in [6.45, 7) is 4.33. The van der Waals surface area contributed by atoms with Gasteiger partial charge >= 0.3 is 0 Å². The lowest BCUT2D eigenvalue weighted by Gasteiger charge is -2.34. The van der Waals surface area contributed by atoms with Crippen LogP contribution in [-0.2, 0) is 11.8 Å². The van der Waals surface area contributed by atoms with Crippen molar-refractivity contribution in [2.75, 3.05) is 26.2 Å². The molecule has 0 unspecified atom stereocenters. The fourth-order valence-electron chi connectivity index (χ4n) is 4.03. The first-order chi connectivity index (χ1) is 11.3. The van der Waals surface area contributed by atoms with Crippen molar-refractivity contribution in [3.8, 4) is 0 Å². The summed E-state index contributed by atoms with van der Waals surface area (Å²) in [5.74, 6) is 0.579. The van der Waals surface area contributed by atoms with Gasteiger partial charge in [0.1, 0.15) is 6.10 Å². The lowest BCUT2D eigenvalue weighted by molar-refractivity contribution is 0.0662. The minimum Gasteiger partial charge on any atom is -0.372 e. The van der Waals surface area contributed by atoms with Gasteiger partial charge in [-0.05, 0) is 25.3 Å². The smallest absolute Gasteiger partial charge is 0.103 e. The van der Waals surface area contributed by atoms with Crippen LogP contribution in [0.3, 0.4) is 0 Å². The first-order valence-electron chi connectivity index (χ1n) is 8.60. The van der Waals surface area contributed by atoms with Gasteiger partial charge in [-0.15, -0.1) is 0 Å². The largest absolute Gasteiger partial charge is 0.372 e. The number of aryl methyl sites for hydroxylation is 1. The third-order valence-corrected chi connectivity index (χ3v) is 5.36. The molecule has 2 aromatic rings. The summed E-state index contributed by atoms with van der Waals surface area (Å²) in [6.07, 6.45) is 11.5. The molecule has 2 atom stereocenters. The molecule has 0 spiro atoms. The standard InChI is InChI=1S/C17H25N5O/c1-20-16(2-6-19-20)17-14(5-11-23-17)12-21-8-3-15(4-9-21)22-10-7-18-13-22/h2,6-7,10,13-15,17H,3-5,8-9,11-12H2,1H3/t14-,17+/m0/s1. The lowest BCUT2D eigenvalue weighted by atomic mass is 9.96. The van der Waals surface area contributed by atoms with Gasteiger partial charge in [-0.25, -0.2) is 4.98 Å². The van der Waals surface area contributed by atoms with Crippen LogP contribution in [0.2, 0.25) is 0 Å². The van der Waals surface area contributed by atoms with Crippen LogP contribution in [-0.4, -0.2) is 50.5 Å². The van der Waals surface area contributed by atoms with Crippen LogP contribution in [0.5, 0.6) is 0 Å². The number of imidazole rings is 1. The van der Waals surface area contributed by atoms with E-state index in [2.05, 4.69) is 31.8 Å². The molecule has 0 saturated carbocycles. The van der Waals surface area contributed by atoms with Crippen molar-refractivity contribution in [1.82, 2.24) is 24.2 Å². The van der Waals surface area contributed by atoms with E-state index in [9.17, 15) is 0 Å². The normalized spacial score (nSPS) is 26.8. The molecule has 0 aromatic carbocycles. The van der Waals surface area contributed by atoms with E-state index in [0.717, 1.165) is 32.7 Å². The van der Waals surface area contributed by atoms with Crippen molar-refractivity contribution >= 4 is 0 Å². The highest BCUT2D eigenvalue weighted by Gasteiger charge is 2.33. The van der Waals surface area contributed by atoms with Crippen molar-refractivity contribution < 1.29 is 4.74 Å². The van der Waals surface area contributed by atoms with Gasteiger partial charge < -0.3 is 14.2 Å². The molecule has 6 heteroatoms. The Balaban J connectivity index is 1.35. The zero-order valence-electron chi connectivity index (χ0n) is 13.7. The SMILES string of the molecule is Cn1nccc1[C@@H]1OCC[C@H]1CN1CCC(n2ccnc2)CC1. The van der Waals surface area contributed by atoms with Gasteiger partial charge in [-0.2, -0.15) is 5.10 Å². The fraction of sp³-hybridized carbons (Fsp3) is 0.647. The van der Waals surface area contributed by atoms with Crippen molar-refractivity contribution in [3.05, 3.63) is 36.7 Å². The molecule has 124 valence electrons. The van der Waals surface area contributed by atoms with Crippen LogP contribution in [0, 0.1) is 5.92 Å². The second-order valence-corrected chi connectivity index (χ2v) is 6.76. The second-order valence-electron chi connectivity index (χ2n) is 6.76. The molecule has 23 heavy (non-hydrogen) atoms. The van der Waals surface area contributed by atoms with Crippen molar-refractivity contribution in [3.63, 3.8) is 0 Å². The number of aromatic nitrogens is 4. The van der Waals surface area contributed by atoms with E-state index in [4.69, 9.17) is 4.74 Å². The van der Waals surface area contributed by atoms with Gasteiger partial charge in [-0.3, -0.25) is 4.68 Å². The molecule has 4 heterocycles. The molecule has 0 aliphatic carbocycles. The molecule has 0 bridgehead atoms. The molecule has 4 rings (SSSR count). The molecule has 2 fully saturated rings. The predicted octanol–water partition coefficient (Wildman–Crippen LogP) is 2.03. The molecule has 2 aromatic heterocycles. The zero-order chi connectivity index (χ0) is 15.6. The summed E-state index contributed by atoms with van der Waals surface area (Å²) in [6, 6.07) is 2.70. The lowest BCUT2D eigenvalue weighted by Crippen LogP contribution is -2.38. The van der Waals surface area contributed by atoms with Gasteiger partial charge in [0.25, 0.3) is 0 Å². The van der Waals surface area contributed by atoms with Crippen molar-refractivity contribution in [2.24, 2.45) is 13.0 Å². The molecule has 2 aliphatic rings. The third-order valence-electron chi connectivity index (χ3n) is 5.36. The van der Waals surface area contributed by atoms with Crippen molar-refractivity contribution in [1.29, 1.82) is 0 Å². The number of rotatable bonds is 4. The van der Waals surface area contributed by atoms with Gasteiger partial charge in [-0.1, -0.05) is 0 Å². The highest BCUT2D eigenvalue weighted by Crippen LogP contribution is 2.35. The van der Waals surface area contributed by atoms with Crippen LogP contribution in [0.1, 0.15) is 37.1 Å². The average molecular weight is 315 g/mol. The molecular weight excluding hydrogens is 290 g/mol. The average Bonchev–Trinajstić information content (AvgIpc) is 3.29. The van der Waals surface area contributed by atoms with E-state index in [1.807, 2.05) is 30.5 Å². The Morgan fingerprint density at radius 1 is 1.22 bits per heavy atom. The number of piperidine rings is 1. The summed E-state index contributed by atoms with van der Waals surface area (Å²) < 4.78 is 10.2. The molecule has 0 N–H and O–H groups in total. The highest BCUT2D eigenvalue weighted by atomic mass is 16.5. The number of hydrogen-bond donors (Lipinski definition) is 0. The minimum absolute atomic E-state index is 0.203. The maximum absolute atomic E-state index is 6.01. The van der Waals surface area contributed by atoms with Gasteiger partial charge in [0.2, 0.25) is 0 Å². The van der Waals surface area contributed by atoms with Gasteiger partial charge in [0.15, 0.2) is 0 Å². The summed E-state index contributed by atoms with van der Waals surface area (Å²) in [4.78, 5) is 6.78. The van der Waals surface area contributed by atoms with Crippen LogP contribution >= 0.6 is 0 Å². The first kappa shape index (κ1) is 14.9. The fourth-order valence-corrected chi connectivity index (χ4v) is 4.03. The summed E-state index contributed by atoms with van der Waals surface area (Å²) in [5, 5.41) is 4.30. The summed E-state index contributed by atoms with van der Waals surface area (Å²) in [7, 11) is 2.00. The van der Waals surface area contributed by atoms with E-state index < -0.39 is 0 Å². The number of ether oxygens (including phenoxy) is 1. The van der Waals surface area contributed by atoms with E-state index in [1.54, 1.807) is 0 Å². The van der Waals surface area contributed by atoms with E-state index in [1.165, 1.54) is 18.5 Å². The Bertz CT molecular complexity index is 615. The number of likely N-dealkylation sites (tertiary alicyclic amines) is 1. The van der Waals surface area contributed by atoms with Crippen LogP contribution < -0.4 is 0 Å². The molecular formula is C17H25N5O. The molecule has 0 amide bonds. The van der Waals surface area contributed by atoms with Gasteiger partial charge in [0.05, 0.1) is 12.0 Å². The monoisotopic (exact) mass is 315 g/mol. The Kier molecular flexibility index (Phi) is 4.18. The Labute approximate surface area is 137 Å². The quantitative estimate of drug-likeness (QED) is 0.866. The van der Waals surface area contributed by atoms with Crippen molar-refractivity contribution in [2.45, 2.75) is 31.4 Å². The topological polar surface area (TPSA) is 48.1 Å². The van der Waals surface area contributed by atoms with Crippen LogP contribution in [0.4, 0.5) is 0 Å². The summed E-state index contributed by atoms with van der Waals surface area (Å²) >= 11 is 0. The van der Waals surface area contributed by atoms with E-state index >= 15 is 0 Å². The number of nitrogens with zero attached hydrogens (tertiary/aromatic N) is 5. The molecule has 6 nitrogen and oxygen atoms in total. The first-order valence-corrected chi connectivity index (χ1v) is 8.60. The second kappa shape index (κ2) is 6.45. The molecule has 2 aliphatic heterocycles. The summed E-state index contributed by atoms with van der Waals surface area (Å²) in [5.41, 5.74) is 1.21. The Hall–Kier alpha value is -1.66. The van der Waals surface area contributed by atoms with Gasteiger partial charge in [0, 0.05) is 63.8 Å². The number of hydrogen-bond acceptors (Lipinski definition) is 4. The Morgan fingerprint density at radius 3 is 2.78 bits per heavy atom. The van der Waals surface area contributed by atoms with Crippen LogP contribution in [0.25, 0.3) is 0 Å². The molecule has 0 radical (unpaired) electrons. The highest BCUT2D eigenvalue weighted by molar-refractivity contribution is 5.08. The van der Waals surface area contributed by atoms with E-state index in [-0.39, 0.29) is 6.10 Å². The van der Waals surface area contributed by atoms with E-state index in [0.29, 0.717) is 12.0 Å². The third kappa shape index (κ3) is 3.05. The Morgan fingerprint density at radius 2 is 2.09 bits per heavy atom. The minimum atomic E-state index is 0.203. The molecule has 2 saturated heterocycles. The maximum Gasteiger partial charge on any atom is 0.103 e. The van der Waals surface area contributed by atoms with Crippen LogP contribution in [0.15, 0.2) is 31.0 Å². The maximum atomic E-state index is 6.01.